The predicted octanol–water partition coefficient (Wildman–Crippen LogP) is 1.80. The first-order valence-electron chi connectivity index (χ1n) is 6.38. The highest BCUT2D eigenvalue weighted by molar-refractivity contribution is 5.03. The van der Waals surface area contributed by atoms with Crippen molar-refractivity contribution in [3.05, 3.63) is 24.2 Å². The van der Waals surface area contributed by atoms with Gasteiger partial charge in [0.15, 0.2) is 0 Å². The number of nitrogens with one attached hydrogen (secondary N) is 1. The van der Waals surface area contributed by atoms with Gasteiger partial charge < -0.3 is 9.73 Å². The summed E-state index contributed by atoms with van der Waals surface area (Å²) in [4.78, 5) is 2.30. The van der Waals surface area contributed by atoms with Gasteiger partial charge in [0.2, 0.25) is 0 Å². The van der Waals surface area contributed by atoms with Crippen molar-refractivity contribution in [1.82, 2.24) is 10.2 Å². The first kappa shape index (κ1) is 11.2. The SMILES string of the molecule is F[C@@H]1CCNC[C@]12CCN(Cc1ccco1)C2. The minimum absolute atomic E-state index is 0.148. The average Bonchev–Trinajstić information content (AvgIpc) is 2.95. The molecule has 2 aliphatic rings. The van der Waals surface area contributed by atoms with Crippen LogP contribution in [-0.2, 0) is 6.54 Å². The van der Waals surface area contributed by atoms with E-state index < -0.39 is 6.17 Å². The highest BCUT2D eigenvalue weighted by Crippen LogP contribution is 2.39. The third-order valence-corrected chi connectivity index (χ3v) is 4.14. The summed E-state index contributed by atoms with van der Waals surface area (Å²) in [7, 11) is 0. The Morgan fingerprint density at radius 3 is 3.29 bits per heavy atom. The number of alkyl halides is 1. The maximum Gasteiger partial charge on any atom is 0.117 e. The van der Waals surface area contributed by atoms with Crippen molar-refractivity contribution in [3.63, 3.8) is 0 Å². The molecular formula is C13H19FN2O. The molecule has 0 amide bonds. The molecule has 2 atom stereocenters. The van der Waals surface area contributed by atoms with Gasteiger partial charge in [-0.15, -0.1) is 0 Å². The van der Waals surface area contributed by atoms with Crippen LogP contribution >= 0.6 is 0 Å². The van der Waals surface area contributed by atoms with Crippen molar-refractivity contribution in [3.8, 4) is 0 Å². The predicted molar refractivity (Wildman–Crippen MR) is 63.4 cm³/mol. The lowest BCUT2D eigenvalue weighted by molar-refractivity contribution is 0.0740. The van der Waals surface area contributed by atoms with E-state index in [1.807, 2.05) is 12.1 Å². The van der Waals surface area contributed by atoms with Gasteiger partial charge >= 0.3 is 0 Å². The number of rotatable bonds is 2. The average molecular weight is 238 g/mol. The van der Waals surface area contributed by atoms with Crippen LogP contribution in [0.4, 0.5) is 4.39 Å². The largest absolute Gasteiger partial charge is 0.468 e. The van der Waals surface area contributed by atoms with Crippen LogP contribution in [0.25, 0.3) is 0 Å². The number of piperidine rings is 1. The lowest BCUT2D eigenvalue weighted by Crippen LogP contribution is -2.49. The highest BCUT2D eigenvalue weighted by atomic mass is 19.1. The summed E-state index contributed by atoms with van der Waals surface area (Å²) in [5.74, 6) is 0.973. The third kappa shape index (κ3) is 2.11. The normalized spacial score (nSPS) is 34.5. The molecule has 0 radical (unpaired) electrons. The van der Waals surface area contributed by atoms with Gasteiger partial charge in [0, 0.05) is 18.5 Å². The Morgan fingerprint density at radius 2 is 2.53 bits per heavy atom. The van der Waals surface area contributed by atoms with E-state index >= 15 is 0 Å². The molecule has 0 bridgehead atoms. The van der Waals surface area contributed by atoms with Crippen molar-refractivity contribution in [2.45, 2.75) is 25.6 Å². The minimum atomic E-state index is -0.648. The summed E-state index contributed by atoms with van der Waals surface area (Å²) in [6.07, 6.45) is 2.67. The van der Waals surface area contributed by atoms with Crippen molar-refractivity contribution in [2.75, 3.05) is 26.2 Å². The summed E-state index contributed by atoms with van der Waals surface area (Å²) >= 11 is 0. The Labute approximate surface area is 101 Å². The number of halogens is 1. The number of hydrogen-bond donors (Lipinski definition) is 1. The van der Waals surface area contributed by atoms with Crippen LogP contribution in [0.3, 0.4) is 0 Å². The molecule has 3 nitrogen and oxygen atoms in total. The molecule has 3 rings (SSSR count). The summed E-state index contributed by atoms with van der Waals surface area (Å²) in [5.41, 5.74) is -0.148. The smallest absolute Gasteiger partial charge is 0.117 e. The highest BCUT2D eigenvalue weighted by Gasteiger charge is 2.46. The van der Waals surface area contributed by atoms with Crippen molar-refractivity contribution in [1.29, 1.82) is 0 Å². The van der Waals surface area contributed by atoms with E-state index in [-0.39, 0.29) is 5.41 Å². The zero-order valence-corrected chi connectivity index (χ0v) is 9.99. The van der Waals surface area contributed by atoms with Crippen LogP contribution in [0, 0.1) is 5.41 Å². The number of hydrogen-bond acceptors (Lipinski definition) is 3. The van der Waals surface area contributed by atoms with Gasteiger partial charge in [0.25, 0.3) is 0 Å². The lowest BCUT2D eigenvalue weighted by Gasteiger charge is -2.37. The molecule has 1 spiro atoms. The van der Waals surface area contributed by atoms with Gasteiger partial charge in [-0.1, -0.05) is 0 Å². The molecule has 0 unspecified atom stereocenters. The summed E-state index contributed by atoms with van der Waals surface area (Å²) in [6, 6.07) is 3.89. The van der Waals surface area contributed by atoms with Gasteiger partial charge in [-0.2, -0.15) is 0 Å². The van der Waals surface area contributed by atoms with Gasteiger partial charge in [-0.05, 0) is 38.1 Å². The molecule has 94 valence electrons. The summed E-state index contributed by atoms with van der Waals surface area (Å²) in [5, 5.41) is 3.34. The van der Waals surface area contributed by atoms with Gasteiger partial charge in [-0.25, -0.2) is 4.39 Å². The molecule has 1 N–H and O–H groups in total. The van der Waals surface area contributed by atoms with Crippen LogP contribution in [0.2, 0.25) is 0 Å². The Kier molecular flexibility index (Phi) is 2.92. The zero-order chi connectivity index (χ0) is 11.7. The van der Waals surface area contributed by atoms with Crippen LogP contribution < -0.4 is 5.32 Å². The third-order valence-electron chi connectivity index (χ3n) is 4.14. The summed E-state index contributed by atoms with van der Waals surface area (Å²) < 4.78 is 19.5. The van der Waals surface area contributed by atoms with Crippen LogP contribution in [0.1, 0.15) is 18.6 Å². The van der Waals surface area contributed by atoms with Crippen LogP contribution in [0.15, 0.2) is 22.8 Å². The van der Waals surface area contributed by atoms with E-state index in [4.69, 9.17) is 4.42 Å². The Hall–Kier alpha value is -0.870. The quantitative estimate of drug-likeness (QED) is 0.851. The van der Waals surface area contributed by atoms with E-state index in [1.54, 1.807) is 6.26 Å². The molecular weight excluding hydrogens is 219 g/mol. The fourth-order valence-electron chi connectivity index (χ4n) is 3.13. The van der Waals surface area contributed by atoms with Crippen molar-refractivity contribution in [2.24, 2.45) is 5.41 Å². The maximum atomic E-state index is 14.1. The molecule has 17 heavy (non-hydrogen) atoms. The molecule has 1 aromatic heterocycles. The minimum Gasteiger partial charge on any atom is -0.468 e. The molecule has 2 aliphatic heterocycles. The van der Waals surface area contributed by atoms with E-state index in [9.17, 15) is 4.39 Å². The molecule has 4 heteroatoms. The van der Waals surface area contributed by atoms with E-state index in [0.717, 1.165) is 44.9 Å². The van der Waals surface area contributed by atoms with Crippen molar-refractivity contribution >= 4 is 0 Å². The molecule has 2 saturated heterocycles. The van der Waals surface area contributed by atoms with Gasteiger partial charge in [0.05, 0.1) is 12.8 Å². The number of nitrogens with zero attached hydrogens (tertiary/aromatic N) is 1. The first-order chi connectivity index (χ1) is 8.28. The first-order valence-corrected chi connectivity index (χ1v) is 6.38. The van der Waals surface area contributed by atoms with Crippen LogP contribution in [0.5, 0.6) is 0 Å². The molecule has 0 saturated carbocycles. The fourth-order valence-corrected chi connectivity index (χ4v) is 3.13. The standard InChI is InChI=1S/C13H19FN2O/c14-12-3-5-15-9-13(12)4-6-16(10-13)8-11-2-1-7-17-11/h1-2,7,12,15H,3-6,8-10H2/t12-,13+/m1/s1. The molecule has 0 aromatic carbocycles. The molecule has 2 fully saturated rings. The fraction of sp³-hybridized carbons (Fsp3) is 0.692. The topological polar surface area (TPSA) is 28.4 Å². The van der Waals surface area contributed by atoms with Crippen LogP contribution in [-0.4, -0.2) is 37.3 Å². The molecule has 0 aliphatic carbocycles. The number of likely N-dealkylation sites (tertiary alicyclic amines) is 1. The van der Waals surface area contributed by atoms with Gasteiger partial charge in [-0.3, -0.25) is 4.90 Å². The second-order valence-electron chi connectivity index (χ2n) is 5.34. The molecule has 3 heterocycles. The monoisotopic (exact) mass is 238 g/mol. The van der Waals surface area contributed by atoms with E-state index in [2.05, 4.69) is 10.2 Å². The Morgan fingerprint density at radius 1 is 1.59 bits per heavy atom. The zero-order valence-electron chi connectivity index (χ0n) is 9.99. The Bertz CT molecular complexity index is 368. The second kappa shape index (κ2) is 4.42. The molecule has 1 aromatic rings. The Balaban J connectivity index is 1.64. The lowest BCUT2D eigenvalue weighted by atomic mass is 9.78. The maximum absolute atomic E-state index is 14.1. The van der Waals surface area contributed by atoms with Crippen molar-refractivity contribution < 1.29 is 8.81 Å². The van der Waals surface area contributed by atoms with E-state index in [0.29, 0.717) is 6.42 Å². The summed E-state index contributed by atoms with van der Waals surface area (Å²) in [6.45, 7) is 4.27. The second-order valence-corrected chi connectivity index (χ2v) is 5.34. The van der Waals surface area contributed by atoms with E-state index in [1.165, 1.54) is 0 Å². The number of furan rings is 1. The van der Waals surface area contributed by atoms with Gasteiger partial charge in [0.1, 0.15) is 11.9 Å².